The maximum Gasteiger partial charge on any atom is 0.407 e. The fraction of sp³-hybridized carbons (Fsp3) is 0.263. The number of hydrogen-bond acceptors (Lipinski definition) is 8. The van der Waals surface area contributed by atoms with Gasteiger partial charge < -0.3 is 29.7 Å². The lowest BCUT2D eigenvalue weighted by Gasteiger charge is -2.36. The van der Waals surface area contributed by atoms with E-state index in [1.54, 1.807) is 61.7 Å². The molecule has 0 bridgehead atoms. The number of fused-ring (bicyclic) bond motifs is 3. The summed E-state index contributed by atoms with van der Waals surface area (Å²) >= 11 is 1.71. The molecule has 0 heterocycles. The molecule has 1 atom stereocenters. The van der Waals surface area contributed by atoms with E-state index < -0.39 is 34.5 Å². The summed E-state index contributed by atoms with van der Waals surface area (Å²) in [5, 5.41) is 5.75. The summed E-state index contributed by atoms with van der Waals surface area (Å²) in [7, 11) is 0. The number of alkyl carbamates (subject to hydrolysis) is 2. The molecule has 0 spiro atoms. The number of amides is 3. The first-order chi connectivity index (χ1) is 33.0. The number of nitrogens with zero attached hydrogens (tertiary/aromatic N) is 1. The van der Waals surface area contributed by atoms with Crippen LogP contribution in [-0.4, -0.2) is 67.8 Å². The number of esters is 1. The molecule has 0 aromatic heterocycles. The zero-order valence-electron chi connectivity index (χ0n) is 38.9. The minimum Gasteiger partial charge on any atom is -0.458 e. The van der Waals surface area contributed by atoms with Gasteiger partial charge in [0.05, 0.1) is 10.3 Å². The minimum atomic E-state index is -1.02. The van der Waals surface area contributed by atoms with Gasteiger partial charge in [-0.15, -0.1) is 11.8 Å². The SMILES string of the molecule is C=CCOC(=O)c1ccc(N(CCSC(c2ccccc2)(c2ccccc2)c2ccccc2)C(=O)[C@H](CCCCNC(=O)OC(C)(C)C)NC(=O)OCC2c3ccccc3-c3ccccc32)cc1. The molecule has 2 N–H and O–H groups in total. The van der Waals surface area contributed by atoms with Gasteiger partial charge in [-0.05, 0) is 103 Å². The molecule has 0 unspecified atom stereocenters. The number of ether oxygens (including phenoxy) is 3. The molecule has 3 amide bonds. The standard InChI is InChI=1S/C57H59N3O7S/c1-5-38-65-53(62)41-32-34-45(35-33-41)60(37-39-68-57(42-21-9-6-10-22-42,43-23-11-7-12-24-43)44-25-13-8-14-26-44)52(61)51(31-19-20-36-58-54(63)67-56(2,3)4)59-55(64)66-40-50-48-29-17-15-27-46(48)47-28-16-18-30-49(47)50/h5-18,21-30,32-35,50-51H,1,19-20,31,36-40H2,2-4H3,(H,58,63)(H,59,64)/t51-/m0/s1. The predicted octanol–water partition coefficient (Wildman–Crippen LogP) is 11.7. The van der Waals surface area contributed by atoms with Crippen LogP contribution < -0.4 is 15.5 Å². The highest BCUT2D eigenvalue weighted by atomic mass is 32.2. The van der Waals surface area contributed by atoms with Crippen LogP contribution >= 0.6 is 11.8 Å². The first-order valence-corrected chi connectivity index (χ1v) is 24.1. The van der Waals surface area contributed by atoms with Crippen molar-refractivity contribution in [2.45, 2.75) is 62.3 Å². The van der Waals surface area contributed by atoms with Crippen LogP contribution in [0, 0.1) is 0 Å². The largest absolute Gasteiger partial charge is 0.458 e. The third kappa shape index (κ3) is 12.1. The van der Waals surface area contributed by atoms with Crippen molar-refractivity contribution in [3.63, 3.8) is 0 Å². The second-order valence-electron chi connectivity index (χ2n) is 17.5. The Balaban J connectivity index is 1.18. The van der Waals surface area contributed by atoms with Crippen molar-refractivity contribution in [2.24, 2.45) is 0 Å². The third-order valence-electron chi connectivity index (χ3n) is 11.7. The van der Waals surface area contributed by atoms with Gasteiger partial charge in [0.25, 0.3) is 0 Å². The van der Waals surface area contributed by atoms with Crippen molar-refractivity contribution in [2.75, 3.05) is 37.0 Å². The lowest BCUT2D eigenvalue weighted by atomic mass is 9.84. The number of hydrogen-bond donors (Lipinski definition) is 2. The van der Waals surface area contributed by atoms with Crippen molar-refractivity contribution < 1.29 is 33.4 Å². The number of carbonyl (C=O) groups is 4. The van der Waals surface area contributed by atoms with E-state index in [2.05, 4.69) is 77.9 Å². The number of benzene rings is 6. The average Bonchev–Trinajstić information content (AvgIpc) is 3.68. The lowest BCUT2D eigenvalue weighted by Crippen LogP contribution is -2.50. The van der Waals surface area contributed by atoms with E-state index in [0.717, 1.165) is 38.9 Å². The van der Waals surface area contributed by atoms with E-state index in [0.29, 0.717) is 36.4 Å². The topological polar surface area (TPSA) is 123 Å². The summed E-state index contributed by atoms with van der Waals surface area (Å²) in [5.41, 5.74) is 7.81. The van der Waals surface area contributed by atoms with Gasteiger partial charge in [0, 0.05) is 30.4 Å². The molecule has 11 heteroatoms. The number of thioether (sulfide) groups is 1. The smallest absolute Gasteiger partial charge is 0.407 e. The number of rotatable bonds is 20. The Bertz CT molecular complexity index is 2490. The van der Waals surface area contributed by atoms with Crippen molar-refractivity contribution in [1.82, 2.24) is 10.6 Å². The van der Waals surface area contributed by atoms with Crippen LogP contribution in [0.2, 0.25) is 0 Å². The number of unbranched alkanes of at least 4 members (excludes halogenated alkanes) is 1. The molecule has 0 radical (unpaired) electrons. The number of nitrogens with one attached hydrogen (secondary N) is 2. The molecule has 1 aliphatic carbocycles. The van der Waals surface area contributed by atoms with Crippen molar-refractivity contribution in [3.05, 3.63) is 210 Å². The van der Waals surface area contributed by atoms with E-state index in [9.17, 15) is 14.4 Å². The molecule has 6 aromatic rings. The Labute approximate surface area is 404 Å². The van der Waals surface area contributed by atoms with Crippen LogP contribution in [0.25, 0.3) is 11.1 Å². The summed E-state index contributed by atoms with van der Waals surface area (Å²) < 4.78 is 16.1. The second kappa shape index (κ2) is 23.1. The normalized spacial score (nSPS) is 12.5. The molecule has 1 aliphatic rings. The second-order valence-corrected chi connectivity index (χ2v) is 18.8. The van der Waals surface area contributed by atoms with Gasteiger partial charge >= 0.3 is 18.2 Å². The van der Waals surface area contributed by atoms with Gasteiger partial charge in [0.1, 0.15) is 24.9 Å². The summed E-state index contributed by atoms with van der Waals surface area (Å²) in [5.74, 6) is -0.583. The van der Waals surface area contributed by atoms with Gasteiger partial charge in [-0.3, -0.25) is 4.79 Å². The highest BCUT2D eigenvalue weighted by Crippen LogP contribution is 2.49. The highest BCUT2D eigenvalue weighted by molar-refractivity contribution is 8.00. The van der Waals surface area contributed by atoms with Gasteiger partial charge in [-0.1, -0.05) is 152 Å². The van der Waals surface area contributed by atoms with Gasteiger partial charge in [-0.25, -0.2) is 14.4 Å². The van der Waals surface area contributed by atoms with Crippen molar-refractivity contribution >= 4 is 41.5 Å². The Morgan fingerprint density at radius 2 is 1.21 bits per heavy atom. The fourth-order valence-corrected chi connectivity index (χ4v) is 10.1. The van der Waals surface area contributed by atoms with E-state index in [4.69, 9.17) is 14.2 Å². The molecule has 0 saturated carbocycles. The van der Waals surface area contributed by atoms with Crippen LogP contribution in [0.4, 0.5) is 15.3 Å². The van der Waals surface area contributed by atoms with Crippen LogP contribution in [-0.2, 0) is 23.8 Å². The molecule has 0 aliphatic heterocycles. The Morgan fingerprint density at radius 1 is 0.676 bits per heavy atom. The zero-order valence-corrected chi connectivity index (χ0v) is 39.7. The Morgan fingerprint density at radius 3 is 1.74 bits per heavy atom. The summed E-state index contributed by atoms with van der Waals surface area (Å²) in [4.78, 5) is 56.2. The van der Waals surface area contributed by atoms with Crippen molar-refractivity contribution in [3.8, 4) is 11.1 Å². The highest BCUT2D eigenvalue weighted by Gasteiger charge is 2.38. The van der Waals surface area contributed by atoms with Crippen LogP contribution in [0.3, 0.4) is 0 Å². The Kier molecular flexibility index (Phi) is 16.6. The summed E-state index contributed by atoms with van der Waals surface area (Å²) in [6.07, 6.45) is 1.49. The van der Waals surface area contributed by atoms with Crippen LogP contribution in [0.15, 0.2) is 176 Å². The molecule has 0 fully saturated rings. The summed E-state index contributed by atoms with van der Waals surface area (Å²) in [6.45, 7) is 9.72. The minimum absolute atomic E-state index is 0.0604. The van der Waals surface area contributed by atoms with Gasteiger partial charge in [0.2, 0.25) is 5.91 Å². The first-order valence-electron chi connectivity index (χ1n) is 23.1. The lowest BCUT2D eigenvalue weighted by molar-refractivity contribution is -0.120. The fourth-order valence-electron chi connectivity index (χ4n) is 8.63. The third-order valence-corrected chi connectivity index (χ3v) is 13.2. The molecule has 10 nitrogen and oxygen atoms in total. The molecular weight excluding hydrogens is 871 g/mol. The quantitative estimate of drug-likeness (QED) is 0.0255. The van der Waals surface area contributed by atoms with Gasteiger partial charge in [0.15, 0.2) is 0 Å². The molecule has 6 aromatic carbocycles. The zero-order chi connectivity index (χ0) is 47.9. The molecular formula is C57H59N3O7S. The van der Waals surface area contributed by atoms with E-state index >= 15 is 4.79 Å². The van der Waals surface area contributed by atoms with Crippen LogP contribution in [0.5, 0.6) is 0 Å². The molecule has 68 heavy (non-hydrogen) atoms. The van der Waals surface area contributed by atoms with E-state index in [1.165, 1.54) is 6.08 Å². The average molecular weight is 930 g/mol. The number of anilines is 1. The number of carbonyl (C=O) groups excluding carboxylic acids is 4. The Hall–Kier alpha value is -7.11. The van der Waals surface area contributed by atoms with Gasteiger partial charge in [-0.2, -0.15) is 0 Å². The summed E-state index contributed by atoms with van der Waals surface area (Å²) in [6, 6.07) is 53.0. The predicted molar refractivity (Wildman–Crippen MR) is 271 cm³/mol. The molecule has 0 saturated heterocycles. The maximum absolute atomic E-state index is 15.3. The molecule has 350 valence electrons. The maximum atomic E-state index is 15.3. The van der Waals surface area contributed by atoms with E-state index in [-0.39, 0.29) is 38.0 Å². The monoisotopic (exact) mass is 929 g/mol. The van der Waals surface area contributed by atoms with Crippen molar-refractivity contribution in [1.29, 1.82) is 0 Å². The molecule has 7 rings (SSSR count). The van der Waals surface area contributed by atoms with E-state index in [1.807, 2.05) is 78.9 Å². The van der Waals surface area contributed by atoms with Crippen LogP contribution in [0.1, 0.15) is 84.1 Å². The first kappa shape index (κ1) is 48.8.